The molecule has 0 radical (unpaired) electrons. The number of carbonyl (C=O) groups is 1. The third-order valence-corrected chi connectivity index (χ3v) is 3.88. The van der Waals surface area contributed by atoms with Gasteiger partial charge in [0.05, 0.1) is 21.4 Å². The van der Waals surface area contributed by atoms with E-state index in [4.69, 9.17) is 4.74 Å². The van der Waals surface area contributed by atoms with Crippen LogP contribution < -0.4 is 10.2 Å². The maximum Gasteiger partial charge on any atom is 0.280 e. The molecule has 0 aliphatic heterocycles. The van der Waals surface area contributed by atoms with Crippen LogP contribution in [0.1, 0.15) is 23.8 Å². The molecule has 1 N–H and O–H groups in total. The number of aryl methyl sites for hydroxylation is 1. The van der Waals surface area contributed by atoms with E-state index in [1.54, 1.807) is 0 Å². The topological polar surface area (TPSA) is 93.8 Å². The number of rotatable bonds is 8. The summed E-state index contributed by atoms with van der Waals surface area (Å²) in [7, 11) is 0. The van der Waals surface area contributed by atoms with E-state index in [2.05, 4.69) is 17.5 Å². The molecule has 0 bridgehead atoms. The molecule has 0 unspecified atom stereocenters. The molecule has 126 valence electrons. The molecule has 0 fully saturated rings. The van der Waals surface area contributed by atoms with Crippen LogP contribution in [-0.4, -0.2) is 23.7 Å². The quantitative estimate of drug-likeness (QED) is 0.451. The minimum atomic E-state index is -0.480. The number of ether oxygens (including phenoxy) is 1. The van der Waals surface area contributed by atoms with Crippen molar-refractivity contribution in [1.29, 1.82) is 0 Å². The Labute approximate surface area is 143 Å². The average molecular weight is 347 g/mol. The van der Waals surface area contributed by atoms with Crippen molar-refractivity contribution >= 4 is 29.1 Å². The molecule has 2 rings (SSSR count). The number of nitrogens with zero attached hydrogens (tertiary/aromatic N) is 2. The van der Waals surface area contributed by atoms with Gasteiger partial charge in [0.2, 0.25) is 0 Å². The lowest BCUT2D eigenvalue weighted by Gasteiger charge is -2.05. The van der Waals surface area contributed by atoms with Crippen LogP contribution in [0.2, 0.25) is 0 Å². The van der Waals surface area contributed by atoms with Crippen molar-refractivity contribution in [1.82, 2.24) is 5.43 Å². The van der Waals surface area contributed by atoms with E-state index in [1.807, 2.05) is 24.3 Å². The van der Waals surface area contributed by atoms with Crippen LogP contribution in [-0.2, 0) is 11.2 Å². The molecule has 0 atom stereocenters. The second kappa shape index (κ2) is 8.78. The molecule has 0 saturated heterocycles. The Kier molecular flexibility index (Phi) is 6.44. The molecule has 1 aromatic heterocycles. The second-order valence-electron chi connectivity index (χ2n) is 4.94. The minimum Gasteiger partial charge on any atom is -0.484 e. The number of hydrazone groups is 1. The first-order valence-electron chi connectivity index (χ1n) is 7.35. The van der Waals surface area contributed by atoms with E-state index in [-0.39, 0.29) is 12.3 Å². The van der Waals surface area contributed by atoms with Crippen molar-refractivity contribution in [2.45, 2.75) is 19.8 Å². The lowest BCUT2D eigenvalue weighted by Crippen LogP contribution is -2.24. The van der Waals surface area contributed by atoms with Gasteiger partial charge in [0.25, 0.3) is 11.6 Å². The summed E-state index contributed by atoms with van der Waals surface area (Å²) >= 11 is 1.17. The predicted molar refractivity (Wildman–Crippen MR) is 92.6 cm³/mol. The maximum atomic E-state index is 11.6. The van der Waals surface area contributed by atoms with Crippen LogP contribution in [0.5, 0.6) is 5.75 Å². The van der Waals surface area contributed by atoms with E-state index in [9.17, 15) is 14.9 Å². The van der Waals surface area contributed by atoms with E-state index in [0.717, 1.165) is 12.8 Å². The van der Waals surface area contributed by atoms with Crippen molar-refractivity contribution in [2.75, 3.05) is 6.61 Å². The predicted octanol–water partition coefficient (Wildman–Crippen LogP) is 3.14. The Morgan fingerprint density at radius 1 is 1.42 bits per heavy atom. The van der Waals surface area contributed by atoms with Crippen molar-refractivity contribution in [3.05, 3.63) is 56.3 Å². The Morgan fingerprint density at radius 2 is 2.17 bits per heavy atom. The number of amides is 1. The highest BCUT2D eigenvalue weighted by atomic mass is 32.1. The lowest BCUT2D eigenvalue weighted by molar-refractivity contribution is -0.384. The summed E-state index contributed by atoms with van der Waals surface area (Å²) in [6.45, 7) is 1.96. The number of benzene rings is 1. The van der Waals surface area contributed by atoms with Crippen LogP contribution >= 0.6 is 11.3 Å². The average Bonchev–Trinajstić information content (AvgIpc) is 3.04. The highest BCUT2D eigenvalue weighted by molar-refractivity contribution is 7.12. The van der Waals surface area contributed by atoms with Crippen molar-refractivity contribution < 1.29 is 14.5 Å². The van der Waals surface area contributed by atoms with Gasteiger partial charge in [-0.05, 0) is 24.1 Å². The Hall–Kier alpha value is -2.74. The summed E-state index contributed by atoms with van der Waals surface area (Å²) in [5.41, 5.74) is 3.54. The van der Waals surface area contributed by atoms with Gasteiger partial charge in [-0.2, -0.15) is 5.10 Å². The summed E-state index contributed by atoms with van der Waals surface area (Å²) in [5.74, 6) is 0.206. The van der Waals surface area contributed by atoms with E-state index in [0.29, 0.717) is 10.6 Å². The summed E-state index contributed by atoms with van der Waals surface area (Å²) < 4.78 is 5.37. The summed E-state index contributed by atoms with van der Waals surface area (Å²) in [6, 6.07) is 8.98. The summed E-state index contributed by atoms with van der Waals surface area (Å²) in [6.07, 6.45) is 3.44. The smallest absolute Gasteiger partial charge is 0.280 e. The van der Waals surface area contributed by atoms with Crippen molar-refractivity contribution in [2.24, 2.45) is 5.10 Å². The van der Waals surface area contributed by atoms with Gasteiger partial charge in [-0.15, -0.1) is 11.3 Å². The molecule has 0 spiro atoms. The van der Waals surface area contributed by atoms with Crippen LogP contribution in [0.3, 0.4) is 0 Å². The van der Waals surface area contributed by atoms with Gasteiger partial charge < -0.3 is 4.74 Å². The van der Waals surface area contributed by atoms with Gasteiger partial charge in [-0.3, -0.25) is 14.9 Å². The highest BCUT2D eigenvalue weighted by Crippen LogP contribution is 2.19. The van der Waals surface area contributed by atoms with Crippen LogP contribution in [0.15, 0.2) is 40.8 Å². The van der Waals surface area contributed by atoms with Crippen molar-refractivity contribution in [3.63, 3.8) is 0 Å². The molecule has 8 heteroatoms. The minimum absolute atomic E-state index is 0.00243. The molecular formula is C16H17N3O4S. The van der Waals surface area contributed by atoms with E-state index < -0.39 is 10.8 Å². The zero-order valence-electron chi connectivity index (χ0n) is 13.1. The largest absolute Gasteiger partial charge is 0.484 e. The maximum absolute atomic E-state index is 11.6. The molecule has 1 heterocycles. The molecule has 0 saturated carbocycles. The SMILES string of the molecule is CCCc1ccc(OCC(=O)NN=Cc2cc([N+](=O)[O-])cs2)cc1. The first-order valence-corrected chi connectivity index (χ1v) is 8.23. The first-order chi connectivity index (χ1) is 11.6. The fraction of sp³-hybridized carbons (Fsp3) is 0.250. The number of carbonyl (C=O) groups excluding carboxylic acids is 1. The number of hydrogen-bond donors (Lipinski definition) is 1. The Balaban J connectivity index is 1.76. The number of nitro groups is 1. The van der Waals surface area contributed by atoms with Gasteiger partial charge in [0.1, 0.15) is 5.75 Å². The molecule has 7 nitrogen and oxygen atoms in total. The molecule has 1 aromatic carbocycles. The Morgan fingerprint density at radius 3 is 2.79 bits per heavy atom. The molecule has 1 amide bonds. The Bertz CT molecular complexity index is 725. The van der Waals surface area contributed by atoms with Gasteiger partial charge in [0.15, 0.2) is 6.61 Å². The van der Waals surface area contributed by atoms with Gasteiger partial charge in [-0.25, -0.2) is 5.43 Å². The van der Waals surface area contributed by atoms with E-state index >= 15 is 0 Å². The zero-order chi connectivity index (χ0) is 17.4. The third kappa shape index (κ3) is 5.47. The van der Waals surface area contributed by atoms with Gasteiger partial charge >= 0.3 is 0 Å². The number of thiophene rings is 1. The normalized spacial score (nSPS) is 10.7. The van der Waals surface area contributed by atoms with Crippen LogP contribution in [0, 0.1) is 10.1 Å². The molecule has 0 aliphatic rings. The summed E-state index contributed by atoms with van der Waals surface area (Å²) in [5, 5.41) is 15.7. The first kappa shape index (κ1) is 17.6. The summed E-state index contributed by atoms with van der Waals surface area (Å²) in [4.78, 5) is 22.3. The van der Waals surface area contributed by atoms with Crippen LogP contribution in [0.4, 0.5) is 5.69 Å². The molecular weight excluding hydrogens is 330 g/mol. The number of nitrogens with one attached hydrogen (secondary N) is 1. The standard InChI is InChI=1S/C16H17N3O4S/c1-2-3-12-4-6-14(7-5-12)23-10-16(20)18-17-9-15-8-13(11-24-15)19(21)22/h4-9,11H,2-3,10H2,1H3,(H,18,20). The van der Waals surface area contributed by atoms with Gasteiger partial charge in [0, 0.05) is 6.07 Å². The molecule has 0 aliphatic carbocycles. The third-order valence-electron chi connectivity index (χ3n) is 3.03. The lowest BCUT2D eigenvalue weighted by atomic mass is 10.1. The highest BCUT2D eigenvalue weighted by Gasteiger charge is 2.07. The molecule has 2 aromatic rings. The van der Waals surface area contributed by atoms with E-state index in [1.165, 1.54) is 34.6 Å². The zero-order valence-corrected chi connectivity index (χ0v) is 13.9. The van der Waals surface area contributed by atoms with Crippen molar-refractivity contribution in [3.8, 4) is 5.75 Å². The monoisotopic (exact) mass is 347 g/mol. The molecule has 24 heavy (non-hydrogen) atoms. The van der Waals surface area contributed by atoms with Gasteiger partial charge in [-0.1, -0.05) is 25.5 Å². The number of hydrogen-bond acceptors (Lipinski definition) is 6. The van der Waals surface area contributed by atoms with Crippen LogP contribution in [0.25, 0.3) is 0 Å². The fourth-order valence-corrected chi connectivity index (χ4v) is 2.61. The fourth-order valence-electron chi connectivity index (χ4n) is 1.90. The second-order valence-corrected chi connectivity index (χ2v) is 5.88.